The van der Waals surface area contributed by atoms with Crippen molar-refractivity contribution in [2.24, 2.45) is 0 Å². The zero-order chi connectivity index (χ0) is 10.7. The highest BCUT2D eigenvalue weighted by atomic mass is 32.1. The molecule has 0 bridgehead atoms. The van der Waals surface area contributed by atoms with E-state index in [0.29, 0.717) is 31.9 Å². The average Bonchev–Trinajstić information content (AvgIpc) is 2.30. The zero-order valence-corrected chi connectivity index (χ0v) is 9.24. The molecule has 0 unspecified atom stereocenters. The lowest BCUT2D eigenvalue weighted by Gasteiger charge is -2.27. The first kappa shape index (κ1) is 10.5. The Bertz CT molecular complexity index is 361. The van der Waals surface area contributed by atoms with Gasteiger partial charge in [-0.05, 0) is 12.1 Å². The van der Waals surface area contributed by atoms with Gasteiger partial charge in [0.2, 0.25) is 0 Å². The van der Waals surface area contributed by atoms with E-state index in [1.807, 2.05) is 18.2 Å². The van der Waals surface area contributed by atoms with Gasteiger partial charge in [0.05, 0.1) is 18.8 Å². The predicted molar refractivity (Wildman–Crippen MR) is 60.4 cm³/mol. The van der Waals surface area contributed by atoms with Crippen molar-refractivity contribution in [3.63, 3.8) is 0 Å². The molecule has 4 heteroatoms. The lowest BCUT2D eigenvalue weighted by molar-refractivity contribution is 0.0300. The van der Waals surface area contributed by atoms with Gasteiger partial charge < -0.3 is 9.64 Å². The van der Waals surface area contributed by atoms with E-state index in [0.717, 1.165) is 4.90 Å². The molecular weight excluding hydrogens is 210 g/mol. The summed E-state index contributed by atoms with van der Waals surface area (Å²) in [6.45, 7) is 2.59. The Morgan fingerprint density at radius 2 is 1.93 bits per heavy atom. The second-order valence-corrected chi connectivity index (χ2v) is 3.90. The van der Waals surface area contributed by atoms with E-state index >= 15 is 0 Å². The highest BCUT2D eigenvalue weighted by molar-refractivity contribution is 7.80. The molecule has 1 amide bonds. The Morgan fingerprint density at radius 3 is 2.60 bits per heavy atom. The number of amides is 1. The largest absolute Gasteiger partial charge is 0.378 e. The van der Waals surface area contributed by atoms with E-state index in [1.165, 1.54) is 0 Å². The quantitative estimate of drug-likeness (QED) is 0.730. The van der Waals surface area contributed by atoms with Gasteiger partial charge in [0.15, 0.2) is 0 Å². The van der Waals surface area contributed by atoms with Crippen LogP contribution in [-0.2, 0) is 4.74 Å². The Morgan fingerprint density at radius 1 is 1.27 bits per heavy atom. The Labute approximate surface area is 94.4 Å². The van der Waals surface area contributed by atoms with E-state index in [9.17, 15) is 4.79 Å². The second kappa shape index (κ2) is 4.68. The van der Waals surface area contributed by atoms with Gasteiger partial charge in [-0.2, -0.15) is 0 Å². The number of carbonyl (C=O) groups is 1. The molecule has 0 spiro atoms. The normalized spacial score (nSPS) is 16.5. The molecule has 0 aromatic heterocycles. The van der Waals surface area contributed by atoms with Crippen LogP contribution in [-0.4, -0.2) is 37.1 Å². The van der Waals surface area contributed by atoms with Crippen molar-refractivity contribution < 1.29 is 9.53 Å². The van der Waals surface area contributed by atoms with Gasteiger partial charge in [-0.1, -0.05) is 12.1 Å². The lowest BCUT2D eigenvalue weighted by Crippen LogP contribution is -2.40. The van der Waals surface area contributed by atoms with Crippen LogP contribution >= 0.6 is 12.6 Å². The summed E-state index contributed by atoms with van der Waals surface area (Å²) in [6.07, 6.45) is 0. The number of carbonyl (C=O) groups excluding carboxylic acids is 1. The Kier molecular flexibility index (Phi) is 3.28. The monoisotopic (exact) mass is 223 g/mol. The molecule has 1 aliphatic heterocycles. The highest BCUT2D eigenvalue weighted by Crippen LogP contribution is 2.15. The van der Waals surface area contributed by atoms with Gasteiger partial charge in [-0.15, -0.1) is 12.6 Å². The van der Waals surface area contributed by atoms with Crippen molar-refractivity contribution >= 4 is 18.5 Å². The molecular formula is C11H13NO2S. The minimum atomic E-state index is 0.0453. The van der Waals surface area contributed by atoms with Crippen molar-refractivity contribution in [2.75, 3.05) is 26.3 Å². The molecule has 0 radical (unpaired) electrons. The summed E-state index contributed by atoms with van der Waals surface area (Å²) in [4.78, 5) is 14.6. The van der Waals surface area contributed by atoms with Gasteiger partial charge >= 0.3 is 0 Å². The molecule has 1 heterocycles. The van der Waals surface area contributed by atoms with Gasteiger partial charge in [0, 0.05) is 18.0 Å². The standard InChI is InChI=1S/C11H13NO2S/c13-11(12-5-7-14-8-6-12)9-3-1-2-4-10(9)15/h1-4,15H,5-8H2. The first-order valence-corrected chi connectivity index (χ1v) is 5.39. The molecule has 1 aliphatic rings. The van der Waals surface area contributed by atoms with Crippen LogP contribution in [0.25, 0.3) is 0 Å². The SMILES string of the molecule is O=C(c1ccccc1S)N1CCOCC1. The minimum absolute atomic E-state index is 0.0453. The van der Waals surface area contributed by atoms with E-state index < -0.39 is 0 Å². The number of thiol groups is 1. The highest BCUT2D eigenvalue weighted by Gasteiger charge is 2.19. The first-order chi connectivity index (χ1) is 7.29. The fraction of sp³-hybridized carbons (Fsp3) is 0.364. The van der Waals surface area contributed by atoms with E-state index in [2.05, 4.69) is 12.6 Å². The van der Waals surface area contributed by atoms with Gasteiger partial charge in [-0.3, -0.25) is 4.79 Å². The van der Waals surface area contributed by atoms with Crippen molar-refractivity contribution in [1.82, 2.24) is 4.90 Å². The molecule has 3 nitrogen and oxygen atoms in total. The molecule has 0 atom stereocenters. The van der Waals surface area contributed by atoms with Crippen LogP contribution in [0.2, 0.25) is 0 Å². The number of ether oxygens (including phenoxy) is 1. The van der Waals surface area contributed by atoms with Gasteiger partial charge in [0.1, 0.15) is 0 Å². The van der Waals surface area contributed by atoms with Crippen molar-refractivity contribution in [3.05, 3.63) is 29.8 Å². The molecule has 80 valence electrons. The summed E-state index contributed by atoms with van der Waals surface area (Å²) in [6, 6.07) is 7.36. The molecule has 0 N–H and O–H groups in total. The van der Waals surface area contributed by atoms with Gasteiger partial charge in [0.25, 0.3) is 5.91 Å². The van der Waals surface area contributed by atoms with Crippen molar-refractivity contribution in [3.8, 4) is 0 Å². The fourth-order valence-electron chi connectivity index (χ4n) is 1.59. The van der Waals surface area contributed by atoms with E-state index in [1.54, 1.807) is 11.0 Å². The maximum atomic E-state index is 12.0. The third-order valence-corrected chi connectivity index (χ3v) is 2.82. The number of hydrogen-bond donors (Lipinski definition) is 1. The lowest BCUT2D eigenvalue weighted by atomic mass is 10.2. The summed E-state index contributed by atoms with van der Waals surface area (Å²) < 4.78 is 5.20. The van der Waals surface area contributed by atoms with Crippen LogP contribution < -0.4 is 0 Å². The molecule has 0 aliphatic carbocycles. The number of nitrogens with zero attached hydrogens (tertiary/aromatic N) is 1. The van der Waals surface area contributed by atoms with Crippen LogP contribution in [0.1, 0.15) is 10.4 Å². The molecule has 1 saturated heterocycles. The Balaban J connectivity index is 2.16. The van der Waals surface area contributed by atoms with Crippen LogP contribution in [0.3, 0.4) is 0 Å². The Hall–Kier alpha value is -1.00. The zero-order valence-electron chi connectivity index (χ0n) is 8.35. The topological polar surface area (TPSA) is 29.5 Å². The predicted octanol–water partition coefficient (Wildman–Crippen LogP) is 1.45. The molecule has 1 aromatic rings. The van der Waals surface area contributed by atoms with Crippen LogP contribution in [0.5, 0.6) is 0 Å². The number of benzene rings is 1. The van der Waals surface area contributed by atoms with Gasteiger partial charge in [-0.25, -0.2) is 0 Å². The van der Waals surface area contributed by atoms with E-state index in [-0.39, 0.29) is 5.91 Å². The third-order valence-electron chi connectivity index (χ3n) is 2.43. The summed E-state index contributed by atoms with van der Waals surface area (Å²) in [5.41, 5.74) is 0.669. The second-order valence-electron chi connectivity index (χ2n) is 3.42. The van der Waals surface area contributed by atoms with Crippen LogP contribution in [0, 0.1) is 0 Å². The molecule has 1 fully saturated rings. The first-order valence-electron chi connectivity index (χ1n) is 4.94. The minimum Gasteiger partial charge on any atom is -0.378 e. The summed E-state index contributed by atoms with van der Waals surface area (Å²) in [5, 5.41) is 0. The molecule has 1 aromatic carbocycles. The van der Waals surface area contributed by atoms with Crippen molar-refractivity contribution in [1.29, 1.82) is 0 Å². The summed E-state index contributed by atoms with van der Waals surface area (Å²) in [5.74, 6) is 0.0453. The number of hydrogen-bond acceptors (Lipinski definition) is 3. The molecule has 0 saturated carbocycles. The van der Waals surface area contributed by atoms with Crippen LogP contribution in [0.4, 0.5) is 0 Å². The number of rotatable bonds is 1. The maximum absolute atomic E-state index is 12.0. The summed E-state index contributed by atoms with van der Waals surface area (Å²) >= 11 is 4.28. The third kappa shape index (κ3) is 2.33. The smallest absolute Gasteiger partial charge is 0.255 e. The molecule has 2 rings (SSSR count). The summed E-state index contributed by atoms with van der Waals surface area (Å²) in [7, 11) is 0. The fourth-order valence-corrected chi connectivity index (χ4v) is 1.85. The average molecular weight is 223 g/mol. The molecule has 15 heavy (non-hydrogen) atoms. The van der Waals surface area contributed by atoms with Crippen LogP contribution in [0.15, 0.2) is 29.2 Å². The van der Waals surface area contributed by atoms with E-state index in [4.69, 9.17) is 4.74 Å². The number of morpholine rings is 1. The maximum Gasteiger partial charge on any atom is 0.255 e. The van der Waals surface area contributed by atoms with Crippen molar-refractivity contribution in [2.45, 2.75) is 4.90 Å².